The van der Waals surface area contributed by atoms with Gasteiger partial charge in [0.25, 0.3) is 0 Å². The topological polar surface area (TPSA) is 61.4 Å². The summed E-state index contributed by atoms with van der Waals surface area (Å²) in [5.74, 6) is 0.496. The molecule has 1 atom stereocenters. The van der Waals surface area contributed by atoms with Crippen molar-refractivity contribution in [2.24, 2.45) is 5.92 Å². The molecule has 1 saturated heterocycles. The van der Waals surface area contributed by atoms with Gasteiger partial charge in [0.05, 0.1) is 0 Å². The average Bonchev–Trinajstić information content (AvgIpc) is 2.34. The molecule has 0 radical (unpaired) electrons. The molecule has 1 aliphatic heterocycles. The molecule has 0 bridgehead atoms. The van der Waals surface area contributed by atoms with Crippen LogP contribution in [0.2, 0.25) is 0 Å². The van der Waals surface area contributed by atoms with Crippen LogP contribution in [0.25, 0.3) is 0 Å². The molecule has 3 N–H and O–H groups in total. The third kappa shape index (κ3) is 2.23. The summed E-state index contributed by atoms with van der Waals surface area (Å²) in [5, 5.41) is 13.8. The highest BCUT2D eigenvalue weighted by Crippen LogP contribution is 2.04. The van der Waals surface area contributed by atoms with Gasteiger partial charge >= 0.3 is 6.09 Å². The number of nitrogens with one attached hydrogen (secondary N) is 2. The lowest BCUT2D eigenvalue weighted by Crippen LogP contribution is -2.28. The van der Waals surface area contributed by atoms with E-state index >= 15 is 0 Å². The van der Waals surface area contributed by atoms with Crippen LogP contribution in [0, 0.1) is 5.92 Å². The predicted octanol–water partition coefficient (Wildman–Crippen LogP) is -0.137. The molecule has 4 heteroatoms. The Balaban J connectivity index is 2.07. The zero-order chi connectivity index (χ0) is 7.40. The van der Waals surface area contributed by atoms with Crippen LogP contribution in [0.4, 0.5) is 4.79 Å². The third-order valence-electron chi connectivity index (χ3n) is 1.70. The van der Waals surface area contributed by atoms with Crippen LogP contribution in [0.5, 0.6) is 0 Å². The molecular weight excluding hydrogens is 132 g/mol. The minimum Gasteiger partial charge on any atom is -0.465 e. The standard InChI is InChI=1S/C6H12N2O2/c9-6(10)8-4-5-1-2-7-3-5/h5,7-8H,1-4H2,(H,9,10)/t5-/m0/s1. The summed E-state index contributed by atoms with van der Waals surface area (Å²) in [6, 6.07) is 0. The second-order valence-electron chi connectivity index (χ2n) is 2.54. The van der Waals surface area contributed by atoms with Crippen LogP contribution in [-0.2, 0) is 0 Å². The third-order valence-corrected chi connectivity index (χ3v) is 1.70. The van der Waals surface area contributed by atoms with Crippen LogP contribution in [-0.4, -0.2) is 30.8 Å². The molecule has 1 aliphatic rings. The molecule has 0 unspecified atom stereocenters. The molecule has 1 amide bonds. The first kappa shape index (κ1) is 7.34. The van der Waals surface area contributed by atoms with Gasteiger partial charge in [-0.2, -0.15) is 0 Å². The SMILES string of the molecule is O=C(O)NC[C@H]1CCNC1. The lowest BCUT2D eigenvalue weighted by molar-refractivity contribution is 0.192. The van der Waals surface area contributed by atoms with Crippen molar-refractivity contribution in [3.63, 3.8) is 0 Å². The summed E-state index contributed by atoms with van der Waals surface area (Å²) >= 11 is 0. The van der Waals surface area contributed by atoms with Crippen LogP contribution in [0.15, 0.2) is 0 Å². The van der Waals surface area contributed by atoms with E-state index in [4.69, 9.17) is 5.11 Å². The second-order valence-corrected chi connectivity index (χ2v) is 2.54. The Hall–Kier alpha value is -0.770. The maximum atomic E-state index is 10.0. The van der Waals surface area contributed by atoms with E-state index in [0.29, 0.717) is 12.5 Å². The molecule has 0 aliphatic carbocycles. The maximum Gasteiger partial charge on any atom is 0.404 e. The fourth-order valence-electron chi connectivity index (χ4n) is 1.12. The number of hydrogen-bond donors (Lipinski definition) is 3. The van der Waals surface area contributed by atoms with Crippen molar-refractivity contribution in [3.8, 4) is 0 Å². The minimum absolute atomic E-state index is 0.496. The Morgan fingerprint density at radius 3 is 3.10 bits per heavy atom. The Labute approximate surface area is 59.6 Å². The molecule has 10 heavy (non-hydrogen) atoms. The molecule has 0 aromatic carbocycles. The van der Waals surface area contributed by atoms with E-state index in [9.17, 15) is 4.79 Å². The van der Waals surface area contributed by atoms with Crippen molar-refractivity contribution in [3.05, 3.63) is 0 Å². The summed E-state index contributed by atoms with van der Waals surface area (Å²) in [4.78, 5) is 10.0. The van der Waals surface area contributed by atoms with E-state index in [0.717, 1.165) is 19.5 Å². The Morgan fingerprint density at radius 2 is 2.60 bits per heavy atom. The van der Waals surface area contributed by atoms with Crippen LogP contribution >= 0.6 is 0 Å². The Kier molecular flexibility index (Phi) is 2.50. The molecule has 58 valence electrons. The van der Waals surface area contributed by atoms with Crippen molar-refractivity contribution >= 4 is 6.09 Å². The average molecular weight is 144 g/mol. The first-order chi connectivity index (χ1) is 4.79. The van der Waals surface area contributed by atoms with Gasteiger partial charge in [-0.3, -0.25) is 0 Å². The maximum absolute atomic E-state index is 10.0. The van der Waals surface area contributed by atoms with E-state index in [2.05, 4.69) is 10.6 Å². The van der Waals surface area contributed by atoms with Gasteiger partial charge in [-0.1, -0.05) is 0 Å². The quantitative estimate of drug-likeness (QED) is 0.505. The second kappa shape index (κ2) is 3.41. The first-order valence-corrected chi connectivity index (χ1v) is 3.46. The zero-order valence-electron chi connectivity index (χ0n) is 5.76. The molecule has 0 aromatic heterocycles. The molecule has 0 saturated carbocycles. The van der Waals surface area contributed by atoms with E-state index in [1.54, 1.807) is 0 Å². The van der Waals surface area contributed by atoms with Gasteiger partial charge in [0, 0.05) is 6.54 Å². The molecule has 1 heterocycles. The van der Waals surface area contributed by atoms with E-state index < -0.39 is 6.09 Å². The predicted molar refractivity (Wildman–Crippen MR) is 37.0 cm³/mol. The van der Waals surface area contributed by atoms with Gasteiger partial charge < -0.3 is 15.7 Å². The minimum atomic E-state index is -0.924. The van der Waals surface area contributed by atoms with E-state index in [1.807, 2.05) is 0 Å². The summed E-state index contributed by atoms with van der Waals surface area (Å²) < 4.78 is 0. The van der Waals surface area contributed by atoms with Crippen LogP contribution in [0.1, 0.15) is 6.42 Å². The van der Waals surface area contributed by atoms with Crippen molar-refractivity contribution in [1.82, 2.24) is 10.6 Å². The molecule has 0 spiro atoms. The molecular formula is C6H12N2O2. The van der Waals surface area contributed by atoms with Crippen molar-refractivity contribution < 1.29 is 9.90 Å². The highest BCUT2D eigenvalue weighted by atomic mass is 16.4. The van der Waals surface area contributed by atoms with Crippen LogP contribution in [0.3, 0.4) is 0 Å². The lowest BCUT2D eigenvalue weighted by Gasteiger charge is -2.05. The van der Waals surface area contributed by atoms with Gasteiger partial charge in [0.2, 0.25) is 0 Å². The van der Waals surface area contributed by atoms with Crippen LogP contribution < -0.4 is 10.6 Å². The zero-order valence-corrected chi connectivity index (χ0v) is 5.76. The normalized spacial score (nSPS) is 24.6. The van der Waals surface area contributed by atoms with Crippen molar-refractivity contribution in [2.45, 2.75) is 6.42 Å². The van der Waals surface area contributed by atoms with Gasteiger partial charge in [0.1, 0.15) is 0 Å². The van der Waals surface area contributed by atoms with Gasteiger partial charge in [-0.05, 0) is 25.4 Å². The fourth-order valence-corrected chi connectivity index (χ4v) is 1.12. The number of carbonyl (C=O) groups is 1. The number of hydrogen-bond acceptors (Lipinski definition) is 2. The summed E-state index contributed by atoms with van der Waals surface area (Å²) in [6.45, 7) is 2.55. The molecule has 1 rings (SSSR count). The molecule has 1 fully saturated rings. The first-order valence-electron chi connectivity index (χ1n) is 3.46. The van der Waals surface area contributed by atoms with Gasteiger partial charge in [-0.15, -0.1) is 0 Å². The fraction of sp³-hybridized carbons (Fsp3) is 0.833. The molecule has 4 nitrogen and oxygen atoms in total. The van der Waals surface area contributed by atoms with E-state index in [-0.39, 0.29) is 0 Å². The van der Waals surface area contributed by atoms with Gasteiger partial charge in [0.15, 0.2) is 0 Å². The van der Waals surface area contributed by atoms with Crippen molar-refractivity contribution in [1.29, 1.82) is 0 Å². The van der Waals surface area contributed by atoms with E-state index in [1.165, 1.54) is 0 Å². The highest BCUT2D eigenvalue weighted by molar-refractivity contribution is 5.64. The molecule has 0 aromatic rings. The number of amides is 1. The van der Waals surface area contributed by atoms with Crippen molar-refractivity contribution in [2.75, 3.05) is 19.6 Å². The monoisotopic (exact) mass is 144 g/mol. The number of carboxylic acid groups (broad SMARTS) is 1. The summed E-state index contributed by atoms with van der Waals surface area (Å²) in [5.41, 5.74) is 0. The Morgan fingerprint density at radius 1 is 1.80 bits per heavy atom. The Bertz CT molecular complexity index is 121. The smallest absolute Gasteiger partial charge is 0.404 e. The largest absolute Gasteiger partial charge is 0.465 e. The summed E-state index contributed by atoms with van der Waals surface area (Å²) in [6.07, 6.45) is 0.159. The summed E-state index contributed by atoms with van der Waals surface area (Å²) in [7, 11) is 0. The lowest BCUT2D eigenvalue weighted by atomic mass is 10.1. The van der Waals surface area contributed by atoms with Gasteiger partial charge in [-0.25, -0.2) is 4.79 Å². The highest BCUT2D eigenvalue weighted by Gasteiger charge is 2.14. The number of rotatable bonds is 2.